The molecular formula is C18H19NO4S. The fraction of sp³-hybridized carbons (Fsp3) is 0.278. The van der Waals surface area contributed by atoms with Crippen LogP contribution in [0.25, 0.3) is 0 Å². The Hall–Kier alpha value is -2.47. The third kappa shape index (κ3) is 4.29. The van der Waals surface area contributed by atoms with E-state index in [1.165, 1.54) is 17.9 Å². The van der Waals surface area contributed by atoms with Crippen LogP contribution in [0.1, 0.15) is 44.8 Å². The van der Waals surface area contributed by atoms with E-state index in [4.69, 9.17) is 4.74 Å². The molecule has 0 N–H and O–H groups in total. The maximum absolute atomic E-state index is 12.2. The molecule has 0 aliphatic heterocycles. The van der Waals surface area contributed by atoms with Gasteiger partial charge >= 0.3 is 5.97 Å². The van der Waals surface area contributed by atoms with Crippen LogP contribution in [0.3, 0.4) is 0 Å². The van der Waals surface area contributed by atoms with Crippen molar-refractivity contribution in [3.05, 3.63) is 57.8 Å². The van der Waals surface area contributed by atoms with Crippen molar-refractivity contribution in [3.8, 4) is 0 Å². The molecule has 0 aliphatic carbocycles. The number of carbonyl (C=O) groups is 3. The molecule has 24 heavy (non-hydrogen) atoms. The number of amides is 1. The molecule has 6 heteroatoms. The van der Waals surface area contributed by atoms with Crippen LogP contribution < -0.4 is 0 Å². The minimum absolute atomic E-state index is 0.105. The molecule has 0 aliphatic rings. The van der Waals surface area contributed by atoms with E-state index in [0.29, 0.717) is 9.75 Å². The van der Waals surface area contributed by atoms with Crippen molar-refractivity contribution in [1.82, 2.24) is 4.90 Å². The zero-order valence-electron chi connectivity index (χ0n) is 13.8. The highest BCUT2D eigenvalue weighted by Gasteiger charge is 2.20. The molecule has 0 saturated heterocycles. The predicted octanol–water partition coefficient (Wildman–Crippen LogP) is 3.33. The Morgan fingerprint density at radius 1 is 1.08 bits per heavy atom. The lowest BCUT2D eigenvalue weighted by Crippen LogP contribution is -2.33. The molecule has 1 aromatic carbocycles. The van der Waals surface area contributed by atoms with Crippen LogP contribution in [0.15, 0.2) is 42.5 Å². The first-order chi connectivity index (χ1) is 11.4. The smallest absolute Gasteiger partial charge is 0.348 e. The maximum atomic E-state index is 12.2. The summed E-state index contributed by atoms with van der Waals surface area (Å²) >= 11 is 1.06. The molecular weight excluding hydrogens is 326 g/mol. The molecule has 1 atom stereocenters. The van der Waals surface area contributed by atoms with E-state index in [1.54, 1.807) is 13.1 Å². The Morgan fingerprint density at radius 2 is 1.71 bits per heavy atom. The fourth-order valence-electron chi connectivity index (χ4n) is 2.11. The molecule has 2 rings (SSSR count). The highest BCUT2D eigenvalue weighted by molar-refractivity contribution is 7.15. The van der Waals surface area contributed by atoms with Gasteiger partial charge in [0.1, 0.15) is 4.88 Å². The number of nitrogens with zero attached hydrogens (tertiary/aromatic N) is 1. The molecule has 1 aromatic heterocycles. The van der Waals surface area contributed by atoms with Gasteiger partial charge in [0.05, 0.1) is 10.9 Å². The summed E-state index contributed by atoms with van der Waals surface area (Å²) in [5.74, 6) is -0.990. The number of hydrogen-bond acceptors (Lipinski definition) is 5. The molecule has 0 bridgehead atoms. The molecule has 0 radical (unpaired) electrons. The van der Waals surface area contributed by atoms with E-state index in [2.05, 4.69) is 0 Å². The van der Waals surface area contributed by atoms with E-state index in [9.17, 15) is 14.4 Å². The number of rotatable bonds is 6. The molecule has 1 heterocycles. The van der Waals surface area contributed by atoms with Gasteiger partial charge in [-0.05, 0) is 31.5 Å². The van der Waals surface area contributed by atoms with Crippen molar-refractivity contribution in [2.75, 3.05) is 13.7 Å². The molecule has 0 fully saturated rings. The highest BCUT2D eigenvalue weighted by atomic mass is 32.1. The standard InChI is InChI=1S/C18H19NO4S/c1-12(14-7-5-4-6-8-14)19(3)17(21)11-23-18(22)16-10-9-15(24-16)13(2)20/h4-10,12H,11H2,1-3H3. The third-order valence-corrected chi connectivity index (χ3v) is 4.90. The molecule has 5 nitrogen and oxygen atoms in total. The highest BCUT2D eigenvalue weighted by Crippen LogP contribution is 2.20. The summed E-state index contributed by atoms with van der Waals surface area (Å²) in [6.07, 6.45) is 0. The summed E-state index contributed by atoms with van der Waals surface area (Å²) in [5, 5.41) is 0. The van der Waals surface area contributed by atoms with Gasteiger partial charge in [-0.2, -0.15) is 0 Å². The van der Waals surface area contributed by atoms with Crippen molar-refractivity contribution in [3.63, 3.8) is 0 Å². The van der Waals surface area contributed by atoms with Crippen LogP contribution in [-0.2, 0) is 9.53 Å². The quantitative estimate of drug-likeness (QED) is 0.595. The summed E-state index contributed by atoms with van der Waals surface area (Å²) in [6, 6.07) is 12.6. The Morgan fingerprint density at radius 3 is 2.29 bits per heavy atom. The number of ether oxygens (including phenoxy) is 1. The van der Waals surface area contributed by atoms with Gasteiger partial charge in [-0.25, -0.2) is 4.79 Å². The van der Waals surface area contributed by atoms with Crippen molar-refractivity contribution in [2.24, 2.45) is 0 Å². The molecule has 126 valence electrons. The molecule has 2 aromatic rings. The van der Waals surface area contributed by atoms with Crippen LogP contribution >= 0.6 is 11.3 Å². The van der Waals surface area contributed by atoms with Crippen molar-refractivity contribution < 1.29 is 19.1 Å². The second kappa shape index (κ2) is 7.88. The minimum atomic E-state index is -0.596. The van der Waals surface area contributed by atoms with Gasteiger partial charge in [0, 0.05) is 7.05 Å². The lowest BCUT2D eigenvalue weighted by molar-refractivity contribution is -0.135. The van der Waals surface area contributed by atoms with Crippen LogP contribution in [0, 0.1) is 0 Å². The zero-order chi connectivity index (χ0) is 17.7. The SMILES string of the molecule is CC(=O)c1ccc(C(=O)OCC(=O)N(C)C(C)c2ccccc2)s1. The Balaban J connectivity index is 1.92. The average Bonchev–Trinajstić information content (AvgIpc) is 3.09. The van der Waals surface area contributed by atoms with Crippen LogP contribution in [-0.4, -0.2) is 36.2 Å². The topological polar surface area (TPSA) is 63.7 Å². The molecule has 1 unspecified atom stereocenters. The third-order valence-electron chi connectivity index (χ3n) is 3.74. The van der Waals surface area contributed by atoms with Gasteiger partial charge < -0.3 is 9.64 Å². The maximum Gasteiger partial charge on any atom is 0.348 e. The lowest BCUT2D eigenvalue weighted by Gasteiger charge is -2.25. The van der Waals surface area contributed by atoms with Crippen molar-refractivity contribution >= 4 is 29.0 Å². The summed E-state index contributed by atoms with van der Waals surface area (Å²) in [7, 11) is 1.67. The number of esters is 1. The summed E-state index contributed by atoms with van der Waals surface area (Å²) in [5.41, 5.74) is 1.00. The first-order valence-corrected chi connectivity index (χ1v) is 8.30. The number of likely N-dealkylation sites (N-methyl/N-ethyl adjacent to an activating group) is 1. The minimum Gasteiger partial charge on any atom is -0.451 e. The van der Waals surface area contributed by atoms with E-state index in [1.807, 2.05) is 37.3 Å². The van der Waals surface area contributed by atoms with Gasteiger partial charge in [0.25, 0.3) is 5.91 Å². The van der Waals surface area contributed by atoms with Gasteiger partial charge in [-0.3, -0.25) is 9.59 Å². The summed E-state index contributed by atoms with van der Waals surface area (Å²) in [4.78, 5) is 37.7. The van der Waals surface area contributed by atoms with Crippen molar-refractivity contribution in [2.45, 2.75) is 19.9 Å². The predicted molar refractivity (Wildman–Crippen MR) is 92.2 cm³/mol. The van der Waals surface area contributed by atoms with Gasteiger partial charge in [0.15, 0.2) is 12.4 Å². The van der Waals surface area contributed by atoms with E-state index >= 15 is 0 Å². The molecule has 0 spiro atoms. The normalized spacial score (nSPS) is 11.6. The number of ketones is 1. The van der Waals surface area contributed by atoms with Crippen LogP contribution in [0.5, 0.6) is 0 Å². The summed E-state index contributed by atoms with van der Waals surface area (Å²) < 4.78 is 5.06. The number of thiophene rings is 1. The fourth-order valence-corrected chi connectivity index (χ4v) is 2.90. The zero-order valence-corrected chi connectivity index (χ0v) is 14.6. The Bertz CT molecular complexity index is 738. The Kier molecular flexibility index (Phi) is 5.87. The van der Waals surface area contributed by atoms with Gasteiger partial charge in [0.2, 0.25) is 0 Å². The van der Waals surface area contributed by atoms with Crippen LogP contribution in [0.2, 0.25) is 0 Å². The van der Waals surface area contributed by atoms with Crippen LogP contribution in [0.4, 0.5) is 0 Å². The second-order valence-electron chi connectivity index (χ2n) is 5.39. The van der Waals surface area contributed by atoms with Gasteiger partial charge in [-0.1, -0.05) is 30.3 Å². The average molecular weight is 345 g/mol. The molecule has 0 saturated carbocycles. The number of Topliss-reactive ketones (excluding diaryl/α,β-unsaturated/α-hetero) is 1. The first kappa shape index (κ1) is 17.9. The van der Waals surface area contributed by atoms with E-state index in [-0.39, 0.29) is 24.3 Å². The Labute approximate surface area is 144 Å². The number of carbonyl (C=O) groups excluding carboxylic acids is 3. The van der Waals surface area contributed by atoms with Gasteiger partial charge in [-0.15, -0.1) is 11.3 Å². The monoisotopic (exact) mass is 345 g/mol. The molecule has 1 amide bonds. The summed E-state index contributed by atoms with van der Waals surface area (Å²) in [6.45, 7) is 3.01. The lowest BCUT2D eigenvalue weighted by atomic mass is 10.1. The number of benzene rings is 1. The first-order valence-electron chi connectivity index (χ1n) is 7.48. The van der Waals surface area contributed by atoms with Crippen molar-refractivity contribution in [1.29, 1.82) is 0 Å². The van der Waals surface area contributed by atoms with E-state index in [0.717, 1.165) is 16.9 Å². The van der Waals surface area contributed by atoms with E-state index < -0.39 is 5.97 Å². The largest absolute Gasteiger partial charge is 0.451 e. The second-order valence-corrected chi connectivity index (χ2v) is 6.47. The number of hydrogen-bond donors (Lipinski definition) is 0.